The van der Waals surface area contributed by atoms with Crippen molar-refractivity contribution >= 4 is 11.8 Å². The Bertz CT molecular complexity index is 822. The fourth-order valence-corrected chi connectivity index (χ4v) is 2.77. The molecule has 0 saturated heterocycles. The summed E-state index contributed by atoms with van der Waals surface area (Å²) >= 11 is 1.64. The molecular weight excluding hydrogens is 296 g/mol. The van der Waals surface area contributed by atoms with Crippen LogP contribution in [0.25, 0.3) is 22.8 Å². The third kappa shape index (κ3) is 2.82. The molecule has 0 spiro atoms. The van der Waals surface area contributed by atoms with Gasteiger partial charge in [0.1, 0.15) is 6.07 Å². The van der Waals surface area contributed by atoms with E-state index in [2.05, 4.69) is 38.4 Å². The first kappa shape index (κ1) is 14.2. The standard InChI is InChI=1S/C15H12N6S/c1-2-22-13-7-10(3-4-11(13)8-16)14-19-15(21-20-14)12-5-6-17-18-9-12/h3-7,9H,2H2,1H3,(H,19,20,21). The Morgan fingerprint density at radius 1 is 1.23 bits per heavy atom. The monoisotopic (exact) mass is 308 g/mol. The van der Waals surface area contributed by atoms with Gasteiger partial charge in [-0.15, -0.1) is 11.8 Å². The van der Waals surface area contributed by atoms with Crippen LogP contribution in [-0.4, -0.2) is 31.1 Å². The Labute approximate surface area is 131 Å². The summed E-state index contributed by atoms with van der Waals surface area (Å²) in [7, 11) is 0. The summed E-state index contributed by atoms with van der Waals surface area (Å²) in [6.45, 7) is 2.06. The minimum absolute atomic E-state index is 0.568. The molecule has 1 aromatic carbocycles. The smallest absolute Gasteiger partial charge is 0.183 e. The summed E-state index contributed by atoms with van der Waals surface area (Å²) < 4.78 is 0. The fourth-order valence-electron chi connectivity index (χ4n) is 1.98. The van der Waals surface area contributed by atoms with Crippen molar-refractivity contribution in [2.75, 3.05) is 5.75 Å². The first-order chi connectivity index (χ1) is 10.8. The molecule has 7 heteroatoms. The van der Waals surface area contributed by atoms with Gasteiger partial charge < -0.3 is 0 Å². The van der Waals surface area contributed by atoms with E-state index in [1.54, 1.807) is 30.2 Å². The van der Waals surface area contributed by atoms with Gasteiger partial charge in [0.2, 0.25) is 0 Å². The Balaban J connectivity index is 1.97. The van der Waals surface area contributed by atoms with Crippen LogP contribution in [0.2, 0.25) is 0 Å². The molecule has 0 fully saturated rings. The van der Waals surface area contributed by atoms with Crippen molar-refractivity contribution in [2.45, 2.75) is 11.8 Å². The third-order valence-electron chi connectivity index (χ3n) is 3.00. The highest BCUT2D eigenvalue weighted by molar-refractivity contribution is 7.99. The molecule has 2 heterocycles. The van der Waals surface area contributed by atoms with Gasteiger partial charge in [-0.2, -0.15) is 20.6 Å². The lowest BCUT2D eigenvalue weighted by Crippen LogP contribution is -1.87. The summed E-state index contributed by atoms with van der Waals surface area (Å²) in [5.41, 5.74) is 2.37. The second kappa shape index (κ2) is 6.37. The zero-order valence-electron chi connectivity index (χ0n) is 11.8. The molecular formula is C15H12N6S. The molecule has 0 atom stereocenters. The van der Waals surface area contributed by atoms with Gasteiger partial charge in [0.25, 0.3) is 0 Å². The molecule has 0 unspecified atom stereocenters. The second-order valence-corrected chi connectivity index (χ2v) is 5.70. The maximum atomic E-state index is 9.15. The number of nitrogens with zero attached hydrogens (tertiary/aromatic N) is 5. The Morgan fingerprint density at radius 3 is 2.86 bits per heavy atom. The van der Waals surface area contributed by atoms with Crippen molar-refractivity contribution < 1.29 is 0 Å². The Hall–Kier alpha value is -2.72. The van der Waals surface area contributed by atoms with Crippen molar-refractivity contribution in [2.24, 2.45) is 0 Å². The van der Waals surface area contributed by atoms with E-state index in [-0.39, 0.29) is 0 Å². The molecule has 0 amide bonds. The summed E-state index contributed by atoms with van der Waals surface area (Å²) in [5.74, 6) is 2.14. The highest BCUT2D eigenvalue weighted by Crippen LogP contribution is 2.28. The van der Waals surface area contributed by atoms with Gasteiger partial charge in [0.15, 0.2) is 11.6 Å². The van der Waals surface area contributed by atoms with Crippen molar-refractivity contribution in [1.82, 2.24) is 25.4 Å². The zero-order valence-corrected chi connectivity index (χ0v) is 12.6. The number of thioether (sulfide) groups is 1. The summed E-state index contributed by atoms with van der Waals surface area (Å²) in [6, 6.07) is 9.65. The van der Waals surface area contributed by atoms with Gasteiger partial charge in [-0.25, -0.2) is 4.98 Å². The van der Waals surface area contributed by atoms with Crippen LogP contribution in [-0.2, 0) is 0 Å². The number of nitrogens with one attached hydrogen (secondary N) is 1. The first-order valence-corrected chi connectivity index (χ1v) is 7.67. The normalized spacial score (nSPS) is 10.4. The molecule has 0 aliphatic rings. The molecule has 108 valence electrons. The van der Waals surface area contributed by atoms with Crippen LogP contribution in [0.1, 0.15) is 12.5 Å². The van der Waals surface area contributed by atoms with E-state index in [1.165, 1.54) is 0 Å². The van der Waals surface area contributed by atoms with Crippen molar-refractivity contribution in [3.05, 3.63) is 42.2 Å². The Morgan fingerprint density at radius 2 is 2.14 bits per heavy atom. The van der Waals surface area contributed by atoms with E-state index in [4.69, 9.17) is 5.26 Å². The van der Waals surface area contributed by atoms with Crippen molar-refractivity contribution in [3.8, 4) is 28.8 Å². The van der Waals surface area contributed by atoms with E-state index >= 15 is 0 Å². The maximum absolute atomic E-state index is 9.15. The summed E-state index contributed by atoms with van der Waals surface area (Å²) in [5, 5.41) is 23.8. The predicted molar refractivity (Wildman–Crippen MR) is 84.0 cm³/mol. The maximum Gasteiger partial charge on any atom is 0.183 e. The minimum atomic E-state index is 0.568. The number of H-pyrrole nitrogens is 1. The number of aromatic amines is 1. The average Bonchev–Trinajstić information content (AvgIpc) is 3.06. The molecule has 0 radical (unpaired) electrons. The van der Waals surface area contributed by atoms with Crippen LogP contribution >= 0.6 is 11.8 Å². The Kier molecular flexibility index (Phi) is 4.12. The molecule has 1 N–H and O–H groups in total. The third-order valence-corrected chi connectivity index (χ3v) is 3.94. The van der Waals surface area contributed by atoms with Gasteiger partial charge >= 0.3 is 0 Å². The summed E-state index contributed by atoms with van der Waals surface area (Å²) in [6.07, 6.45) is 3.22. The van der Waals surface area contributed by atoms with E-state index in [9.17, 15) is 0 Å². The van der Waals surface area contributed by atoms with Crippen LogP contribution in [0.5, 0.6) is 0 Å². The molecule has 2 aromatic heterocycles. The summed E-state index contributed by atoms with van der Waals surface area (Å²) in [4.78, 5) is 5.43. The van der Waals surface area contributed by atoms with E-state index in [0.717, 1.165) is 21.8 Å². The molecule has 3 rings (SSSR count). The number of benzene rings is 1. The van der Waals surface area contributed by atoms with Crippen LogP contribution in [0.4, 0.5) is 0 Å². The average molecular weight is 308 g/mol. The lowest BCUT2D eigenvalue weighted by Gasteiger charge is -2.04. The van der Waals surface area contributed by atoms with Gasteiger partial charge in [0.05, 0.1) is 18.0 Å². The minimum Gasteiger partial charge on any atom is -0.259 e. The van der Waals surface area contributed by atoms with Gasteiger partial charge in [0, 0.05) is 16.0 Å². The van der Waals surface area contributed by atoms with Gasteiger partial charge in [-0.1, -0.05) is 6.92 Å². The van der Waals surface area contributed by atoms with Crippen molar-refractivity contribution in [3.63, 3.8) is 0 Å². The number of hydrogen-bond donors (Lipinski definition) is 1. The second-order valence-electron chi connectivity index (χ2n) is 4.39. The molecule has 6 nitrogen and oxygen atoms in total. The predicted octanol–water partition coefficient (Wildman–Crippen LogP) is 2.91. The van der Waals surface area contributed by atoms with Gasteiger partial charge in [-0.05, 0) is 30.0 Å². The fraction of sp³-hybridized carbons (Fsp3) is 0.133. The molecule has 22 heavy (non-hydrogen) atoms. The number of nitriles is 1. The van der Waals surface area contributed by atoms with Crippen molar-refractivity contribution in [1.29, 1.82) is 5.26 Å². The van der Waals surface area contributed by atoms with E-state index in [1.807, 2.05) is 18.2 Å². The van der Waals surface area contributed by atoms with Gasteiger partial charge in [-0.3, -0.25) is 5.10 Å². The number of hydrogen-bond acceptors (Lipinski definition) is 6. The number of rotatable bonds is 4. The SMILES string of the molecule is CCSc1cc(-c2nc(-c3ccnnc3)n[nH]2)ccc1C#N. The highest BCUT2D eigenvalue weighted by atomic mass is 32.2. The van der Waals surface area contributed by atoms with Crippen LogP contribution in [0.3, 0.4) is 0 Å². The first-order valence-electron chi connectivity index (χ1n) is 6.68. The van der Waals surface area contributed by atoms with E-state index < -0.39 is 0 Å². The van der Waals surface area contributed by atoms with Crippen LogP contribution in [0, 0.1) is 11.3 Å². The highest BCUT2D eigenvalue weighted by Gasteiger charge is 2.10. The largest absolute Gasteiger partial charge is 0.259 e. The number of aromatic nitrogens is 5. The topological polar surface area (TPSA) is 91.1 Å². The molecule has 0 aliphatic carbocycles. The molecule has 0 saturated carbocycles. The van der Waals surface area contributed by atoms with E-state index in [0.29, 0.717) is 17.2 Å². The molecule has 0 aliphatic heterocycles. The quantitative estimate of drug-likeness (QED) is 0.745. The molecule has 0 bridgehead atoms. The van der Waals surface area contributed by atoms with Crippen LogP contribution < -0.4 is 0 Å². The zero-order chi connectivity index (χ0) is 15.4. The lowest BCUT2D eigenvalue weighted by atomic mass is 10.1. The lowest BCUT2D eigenvalue weighted by molar-refractivity contribution is 1.02. The molecule has 3 aromatic rings. The van der Waals surface area contributed by atoms with Crippen LogP contribution in [0.15, 0.2) is 41.6 Å².